The third-order valence-electron chi connectivity index (χ3n) is 2.92. The Hall–Kier alpha value is -0.0900. The van der Waals surface area contributed by atoms with Gasteiger partial charge in [-0.05, 0) is 25.3 Å². The first kappa shape index (κ1) is 12.0. The van der Waals surface area contributed by atoms with Crippen LogP contribution in [-0.4, -0.2) is 33.0 Å². The Morgan fingerprint density at radius 3 is 2.36 bits per heavy atom. The van der Waals surface area contributed by atoms with Crippen LogP contribution in [0.2, 0.25) is 0 Å². The van der Waals surface area contributed by atoms with Gasteiger partial charge >= 0.3 is 0 Å². The molecule has 1 atom stereocenters. The van der Waals surface area contributed by atoms with E-state index in [1.807, 2.05) is 6.92 Å². The Labute approximate surface area is 87.2 Å². The van der Waals surface area contributed by atoms with Crippen LogP contribution in [0, 0.1) is 5.92 Å². The van der Waals surface area contributed by atoms with Crippen molar-refractivity contribution < 1.29 is 8.42 Å². The number of sulfone groups is 1. The second-order valence-corrected chi connectivity index (χ2v) is 6.49. The van der Waals surface area contributed by atoms with E-state index in [4.69, 9.17) is 0 Å². The molecule has 1 unspecified atom stereocenters. The fourth-order valence-corrected chi connectivity index (χ4v) is 3.35. The molecular weight excluding hydrogens is 198 g/mol. The maximum atomic E-state index is 11.2. The summed E-state index contributed by atoms with van der Waals surface area (Å²) in [6, 6.07) is 0.178. The van der Waals surface area contributed by atoms with Gasteiger partial charge in [-0.1, -0.05) is 19.8 Å². The van der Waals surface area contributed by atoms with Gasteiger partial charge in [-0.25, -0.2) is 8.42 Å². The largest absolute Gasteiger partial charge is 0.313 e. The Bertz CT molecular complexity index is 255. The van der Waals surface area contributed by atoms with Crippen molar-refractivity contribution in [3.05, 3.63) is 0 Å². The van der Waals surface area contributed by atoms with E-state index in [1.165, 1.54) is 31.9 Å². The van der Waals surface area contributed by atoms with Crippen LogP contribution in [0.25, 0.3) is 0 Å². The fraction of sp³-hybridized carbons (Fsp3) is 1.00. The van der Waals surface area contributed by atoms with E-state index in [0.717, 1.165) is 6.54 Å². The summed E-state index contributed by atoms with van der Waals surface area (Å²) in [4.78, 5) is 0. The summed E-state index contributed by atoms with van der Waals surface area (Å²) in [5, 5.41) is 3.30. The van der Waals surface area contributed by atoms with Crippen molar-refractivity contribution in [3.8, 4) is 0 Å². The minimum atomic E-state index is -2.85. The summed E-state index contributed by atoms with van der Waals surface area (Å²) in [6.45, 7) is 2.89. The number of rotatable bonds is 5. The molecule has 0 aromatic rings. The molecule has 3 nitrogen and oxygen atoms in total. The number of nitrogens with one attached hydrogen (secondary N) is 1. The maximum Gasteiger partial charge on any atom is 0.148 e. The van der Waals surface area contributed by atoms with Gasteiger partial charge < -0.3 is 5.32 Å². The lowest BCUT2D eigenvalue weighted by molar-refractivity contribution is 0.389. The molecular formula is C10H21NO2S. The lowest BCUT2D eigenvalue weighted by Gasteiger charge is -2.23. The van der Waals surface area contributed by atoms with Crippen LogP contribution < -0.4 is 5.32 Å². The molecule has 0 aliphatic heterocycles. The molecule has 4 heteroatoms. The molecule has 0 bridgehead atoms. The zero-order chi connectivity index (χ0) is 10.6. The summed E-state index contributed by atoms with van der Waals surface area (Å²) in [5.74, 6) is 0.871. The first-order chi connectivity index (χ1) is 6.53. The van der Waals surface area contributed by atoms with E-state index in [0.29, 0.717) is 11.7 Å². The van der Waals surface area contributed by atoms with Crippen LogP contribution in [-0.2, 0) is 9.84 Å². The van der Waals surface area contributed by atoms with Crippen LogP contribution in [0.5, 0.6) is 0 Å². The molecule has 84 valence electrons. The standard InChI is InChI=1S/C10H21NO2S/c1-3-11-10(8-14(2,12)13)9-6-4-5-7-9/h9-11H,3-8H2,1-2H3. The number of hydrogen-bond donors (Lipinski definition) is 1. The summed E-state index contributed by atoms with van der Waals surface area (Å²) < 4.78 is 22.5. The predicted molar refractivity (Wildman–Crippen MR) is 59.1 cm³/mol. The molecule has 0 heterocycles. The highest BCUT2D eigenvalue weighted by Crippen LogP contribution is 2.28. The van der Waals surface area contributed by atoms with Gasteiger partial charge in [-0.3, -0.25) is 0 Å². The molecule has 1 fully saturated rings. The van der Waals surface area contributed by atoms with E-state index < -0.39 is 9.84 Å². The lowest BCUT2D eigenvalue weighted by atomic mass is 10.00. The second-order valence-electron chi connectivity index (χ2n) is 4.30. The Balaban J connectivity index is 2.54. The highest BCUT2D eigenvalue weighted by atomic mass is 32.2. The van der Waals surface area contributed by atoms with Crippen LogP contribution in [0.3, 0.4) is 0 Å². The Morgan fingerprint density at radius 2 is 1.93 bits per heavy atom. The summed E-state index contributed by atoms with van der Waals surface area (Å²) in [6.07, 6.45) is 6.22. The van der Waals surface area contributed by atoms with Gasteiger partial charge in [0, 0.05) is 12.3 Å². The Kier molecular flexibility index (Phi) is 4.38. The van der Waals surface area contributed by atoms with Gasteiger partial charge in [0.25, 0.3) is 0 Å². The van der Waals surface area contributed by atoms with E-state index in [2.05, 4.69) is 5.32 Å². The third kappa shape index (κ3) is 3.96. The summed E-state index contributed by atoms with van der Waals surface area (Å²) in [5.41, 5.74) is 0. The SMILES string of the molecule is CCNC(CS(C)(=O)=O)C1CCCC1. The molecule has 0 spiro atoms. The van der Waals surface area contributed by atoms with E-state index in [-0.39, 0.29) is 6.04 Å². The molecule has 1 aliphatic rings. The van der Waals surface area contributed by atoms with Gasteiger partial charge in [0.1, 0.15) is 9.84 Å². The lowest BCUT2D eigenvalue weighted by Crippen LogP contribution is -2.40. The van der Waals surface area contributed by atoms with Gasteiger partial charge in [-0.15, -0.1) is 0 Å². The minimum Gasteiger partial charge on any atom is -0.313 e. The first-order valence-electron chi connectivity index (χ1n) is 5.44. The van der Waals surface area contributed by atoms with Gasteiger partial charge in [0.2, 0.25) is 0 Å². The average molecular weight is 219 g/mol. The van der Waals surface area contributed by atoms with Crippen molar-refractivity contribution in [1.82, 2.24) is 5.32 Å². The first-order valence-corrected chi connectivity index (χ1v) is 7.50. The minimum absolute atomic E-state index is 0.178. The topological polar surface area (TPSA) is 46.2 Å². The van der Waals surface area contributed by atoms with Crippen molar-refractivity contribution in [2.45, 2.75) is 38.6 Å². The van der Waals surface area contributed by atoms with Crippen molar-refractivity contribution >= 4 is 9.84 Å². The van der Waals surface area contributed by atoms with Crippen LogP contribution in [0.1, 0.15) is 32.6 Å². The molecule has 1 saturated carbocycles. The zero-order valence-corrected chi connectivity index (χ0v) is 9.94. The molecule has 0 saturated heterocycles. The maximum absolute atomic E-state index is 11.2. The molecule has 1 aliphatic carbocycles. The van der Waals surface area contributed by atoms with Crippen molar-refractivity contribution in [1.29, 1.82) is 0 Å². The van der Waals surface area contributed by atoms with Crippen molar-refractivity contribution in [2.24, 2.45) is 5.92 Å². The van der Waals surface area contributed by atoms with Gasteiger partial charge in [0.05, 0.1) is 5.75 Å². The zero-order valence-electron chi connectivity index (χ0n) is 9.12. The van der Waals surface area contributed by atoms with Crippen molar-refractivity contribution in [3.63, 3.8) is 0 Å². The molecule has 0 aromatic carbocycles. The van der Waals surface area contributed by atoms with Crippen LogP contribution >= 0.6 is 0 Å². The highest BCUT2D eigenvalue weighted by molar-refractivity contribution is 7.90. The number of hydrogen-bond acceptors (Lipinski definition) is 3. The van der Waals surface area contributed by atoms with E-state index >= 15 is 0 Å². The monoisotopic (exact) mass is 219 g/mol. The van der Waals surface area contributed by atoms with Crippen molar-refractivity contribution in [2.75, 3.05) is 18.6 Å². The smallest absolute Gasteiger partial charge is 0.148 e. The van der Waals surface area contributed by atoms with E-state index in [9.17, 15) is 8.42 Å². The summed E-state index contributed by atoms with van der Waals surface area (Å²) in [7, 11) is -2.85. The molecule has 1 rings (SSSR count). The highest BCUT2D eigenvalue weighted by Gasteiger charge is 2.26. The normalized spacial score (nSPS) is 21.3. The predicted octanol–water partition coefficient (Wildman–Crippen LogP) is 1.20. The van der Waals surface area contributed by atoms with E-state index in [1.54, 1.807) is 0 Å². The van der Waals surface area contributed by atoms with Crippen LogP contribution in [0.4, 0.5) is 0 Å². The average Bonchev–Trinajstić information content (AvgIpc) is 2.52. The molecule has 0 aromatic heterocycles. The third-order valence-corrected chi connectivity index (χ3v) is 3.88. The Morgan fingerprint density at radius 1 is 1.36 bits per heavy atom. The van der Waals surface area contributed by atoms with Crippen LogP contribution in [0.15, 0.2) is 0 Å². The summed E-state index contributed by atoms with van der Waals surface area (Å²) >= 11 is 0. The molecule has 0 amide bonds. The van der Waals surface area contributed by atoms with Gasteiger partial charge in [-0.2, -0.15) is 0 Å². The van der Waals surface area contributed by atoms with Gasteiger partial charge in [0.15, 0.2) is 0 Å². The second kappa shape index (κ2) is 5.12. The molecule has 14 heavy (non-hydrogen) atoms. The molecule has 1 N–H and O–H groups in total. The fourth-order valence-electron chi connectivity index (χ4n) is 2.31. The quantitative estimate of drug-likeness (QED) is 0.756. The molecule has 0 radical (unpaired) electrons.